The van der Waals surface area contributed by atoms with Gasteiger partial charge in [-0.3, -0.25) is 4.79 Å². The molecule has 17 heavy (non-hydrogen) atoms. The van der Waals surface area contributed by atoms with Gasteiger partial charge in [-0.25, -0.2) is 4.79 Å². The number of esters is 1. The average Bonchev–Trinajstić information content (AvgIpc) is 2.52. The van der Waals surface area contributed by atoms with E-state index in [-0.39, 0.29) is 5.92 Å². The third-order valence-corrected chi connectivity index (χ3v) is 3.30. The molecule has 6 heteroatoms. The Hall–Kier alpha value is -1.14. The number of carbonyl (C=O) groups is 2. The van der Waals surface area contributed by atoms with Gasteiger partial charge in [0.1, 0.15) is 6.10 Å². The minimum atomic E-state index is -1.76. The van der Waals surface area contributed by atoms with Crippen molar-refractivity contribution in [3.05, 3.63) is 0 Å². The van der Waals surface area contributed by atoms with Crippen molar-refractivity contribution in [2.45, 2.75) is 38.5 Å². The van der Waals surface area contributed by atoms with E-state index in [0.717, 1.165) is 7.11 Å². The van der Waals surface area contributed by atoms with Crippen molar-refractivity contribution in [3.63, 3.8) is 0 Å². The van der Waals surface area contributed by atoms with Crippen molar-refractivity contribution in [1.82, 2.24) is 5.32 Å². The van der Waals surface area contributed by atoms with Gasteiger partial charge in [0, 0.05) is 0 Å². The molecule has 1 heterocycles. The van der Waals surface area contributed by atoms with E-state index in [2.05, 4.69) is 10.1 Å². The van der Waals surface area contributed by atoms with Crippen LogP contribution in [0, 0.1) is 11.8 Å². The van der Waals surface area contributed by atoms with Crippen molar-refractivity contribution >= 4 is 11.9 Å². The summed E-state index contributed by atoms with van der Waals surface area (Å²) < 4.78 is 4.60. The Morgan fingerprint density at radius 3 is 2.35 bits per heavy atom. The smallest absolute Gasteiger partial charge is 0.337 e. The predicted molar refractivity (Wildman–Crippen MR) is 58.9 cm³/mol. The Morgan fingerprint density at radius 2 is 2.06 bits per heavy atom. The van der Waals surface area contributed by atoms with Crippen molar-refractivity contribution in [3.8, 4) is 0 Å². The molecule has 0 radical (unpaired) electrons. The van der Waals surface area contributed by atoms with Gasteiger partial charge in [0.05, 0.1) is 19.1 Å². The zero-order valence-corrected chi connectivity index (χ0v) is 10.4. The standard InChI is InChI=1S/C11H19NO5/c1-5(2)7(13)11(10(16)17-4)8(14)6(3)9(15)12-11/h5-8,13-14H,1-4H3,(H,12,15)/t6-,7?,8?,11?/m1/s1. The molecule has 4 atom stereocenters. The summed E-state index contributed by atoms with van der Waals surface area (Å²) in [6.45, 7) is 4.88. The van der Waals surface area contributed by atoms with E-state index in [4.69, 9.17) is 0 Å². The Bertz CT molecular complexity index is 330. The van der Waals surface area contributed by atoms with Crippen LogP contribution in [0.3, 0.4) is 0 Å². The van der Waals surface area contributed by atoms with E-state index in [9.17, 15) is 19.8 Å². The third-order valence-electron chi connectivity index (χ3n) is 3.30. The predicted octanol–water partition coefficient (Wildman–Crippen LogP) is -0.958. The van der Waals surface area contributed by atoms with Gasteiger partial charge in [0.15, 0.2) is 5.54 Å². The highest BCUT2D eigenvalue weighted by Crippen LogP contribution is 2.33. The molecule has 3 unspecified atom stereocenters. The maximum Gasteiger partial charge on any atom is 0.337 e. The molecule has 6 nitrogen and oxygen atoms in total. The van der Waals surface area contributed by atoms with Crippen molar-refractivity contribution in [2.75, 3.05) is 7.11 Å². The number of aliphatic hydroxyl groups is 2. The number of rotatable bonds is 3. The molecule has 1 rings (SSSR count). The zero-order chi connectivity index (χ0) is 13.4. The minimum absolute atomic E-state index is 0.311. The molecule has 0 saturated carbocycles. The first-order chi connectivity index (χ1) is 7.78. The lowest BCUT2D eigenvalue weighted by Crippen LogP contribution is -2.65. The molecule has 98 valence electrons. The molecule has 0 aliphatic carbocycles. The van der Waals surface area contributed by atoms with E-state index in [1.165, 1.54) is 6.92 Å². The van der Waals surface area contributed by atoms with Gasteiger partial charge in [-0.05, 0) is 5.92 Å². The highest BCUT2D eigenvalue weighted by molar-refractivity contribution is 5.95. The second-order valence-corrected chi connectivity index (χ2v) is 4.77. The molecule has 1 aliphatic rings. The fourth-order valence-corrected chi connectivity index (χ4v) is 2.17. The van der Waals surface area contributed by atoms with E-state index >= 15 is 0 Å². The van der Waals surface area contributed by atoms with Crippen LogP contribution < -0.4 is 5.32 Å². The lowest BCUT2D eigenvalue weighted by molar-refractivity contribution is -0.162. The summed E-state index contributed by atoms with van der Waals surface area (Å²) in [5, 5.41) is 22.5. The first-order valence-electron chi connectivity index (χ1n) is 5.55. The number of hydrogen-bond acceptors (Lipinski definition) is 5. The second-order valence-electron chi connectivity index (χ2n) is 4.77. The van der Waals surface area contributed by atoms with E-state index < -0.39 is 35.5 Å². The fraction of sp³-hybridized carbons (Fsp3) is 0.818. The van der Waals surface area contributed by atoms with Gasteiger partial charge < -0.3 is 20.3 Å². The molecule has 0 bridgehead atoms. The quantitative estimate of drug-likeness (QED) is 0.557. The van der Waals surface area contributed by atoms with E-state index in [0.29, 0.717) is 0 Å². The van der Waals surface area contributed by atoms with Gasteiger partial charge in [-0.15, -0.1) is 0 Å². The molecular weight excluding hydrogens is 226 g/mol. The minimum Gasteiger partial charge on any atom is -0.467 e. The summed E-state index contributed by atoms with van der Waals surface area (Å²) >= 11 is 0. The lowest BCUT2D eigenvalue weighted by Gasteiger charge is -2.36. The zero-order valence-electron chi connectivity index (χ0n) is 10.4. The van der Waals surface area contributed by atoms with Crippen LogP contribution in [0.15, 0.2) is 0 Å². The van der Waals surface area contributed by atoms with Crippen LogP contribution in [0.25, 0.3) is 0 Å². The number of carbonyl (C=O) groups excluding carboxylic acids is 2. The Balaban J connectivity index is 3.21. The molecule has 1 amide bonds. The molecule has 0 spiro atoms. The third kappa shape index (κ3) is 1.91. The molecule has 0 aromatic heterocycles. The number of hydrogen-bond donors (Lipinski definition) is 3. The average molecular weight is 245 g/mol. The van der Waals surface area contributed by atoms with Crippen molar-refractivity contribution in [1.29, 1.82) is 0 Å². The fourth-order valence-electron chi connectivity index (χ4n) is 2.17. The maximum atomic E-state index is 11.8. The van der Waals surface area contributed by atoms with Crippen LogP contribution in [0.5, 0.6) is 0 Å². The second kappa shape index (κ2) is 4.62. The summed E-state index contributed by atoms with van der Waals surface area (Å²) in [5.41, 5.74) is -1.76. The van der Waals surface area contributed by atoms with Crippen molar-refractivity contribution < 1.29 is 24.5 Å². The summed E-state index contributed by atoms with van der Waals surface area (Å²) in [6, 6.07) is 0. The topological polar surface area (TPSA) is 95.9 Å². The molecular formula is C11H19NO5. The molecule has 0 aromatic carbocycles. The number of methoxy groups -OCH3 is 1. The van der Waals surface area contributed by atoms with Gasteiger partial charge >= 0.3 is 5.97 Å². The number of aliphatic hydroxyl groups excluding tert-OH is 2. The Morgan fingerprint density at radius 1 is 1.53 bits per heavy atom. The monoisotopic (exact) mass is 245 g/mol. The van der Waals surface area contributed by atoms with Gasteiger partial charge in [0.2, 0.25) is 5.91 Å². The van der Waals surface area contributed by atoms with Gasteiger partial charge in [-0.1, -0.05) is 20.8 Å². The molecule has 1 saturated heterocycles. The number of ether oxygens (including phenoxy) is 1. The van der Waals surface area contributed by atoms with E-state index in [1.807, 2.05) is 0 Å². The van der Waals surface area contributed by atoms with Gasteiger partial charge in [-0.2, -0.15) is 0 Å². The van der Waals surface area contributed by atoms with Gasteiger partial charge in [0.25, 0.3) is 0 Å². The summed E-state index contributed by atoms with van der Waals surface area (Å²) in [4.78, 5) is 23.4. The lowest BCUT2D eigenvalue weighted by atomic mass is 9.80. The SMILES string of the molecule is COC(=O)C1(C(O)C(C)C)NC(=O)[C@H](C)C1O. The van der Waals surface area contributed by atoms with Crippen LogP contribution in [-0.4, -0.2) is 46.9 Å². The number of amides is 1. The molecule has 1 aliphatic heterocycles. The molecule has 3 N–H and O–H groups in total. The highest BCUT2D eigenvalue weighted by Gasteiger charge is 2.61. The Kier molecular flexibility index (Phi) is 3.78. The van der Waals surface area contributed by atoms with Crippen LogP contribution in [0.2, 0.25) is 0 Å². The first-order valence-corrected chi connectivity index (χ1v) is 5.55. The van der Waals surface area contributed by atoms with E-state index in [1.54, 1.807) is 13.8 Å². The van der Waals surface area contributed by atoms with Crippen LogP contribution in [0.1, 0.15) is 20.8 Å². The van der Waals surface area contributed by atoms with Crippen molar-refractivity contribution in [2.24, 2.45) is 11.8 Å². The summed E-state index contributed by atoms with van der Waals surface area (Å²) in [5.74, 6) is -2.37. The maximum absolute atomic E-state index is 11.8. The Labute approximate surface area is 100.0 Å². The summed E-state index contributed by atoms with van der Waals surface area (Å²) in [7, 11) is 1.15. The summed E-state index contributed by atoms with van der Waals surface area (Å²) in [6.07, 6.45) is -2.52. The van der Waals surface area contributed by atoms with Crippen LogP contribution in [-0.2, 0) is 14.3 Å². The highest BCUT2D eigenvalue weighted by atomic mass is 16.5. The number of nitrogens with one attached hydrogen (secondary N) is 1. The normalized spacial score (nSPS) is 34.6. The molecule has 0 aromatic rings. The van der Waals surface area contributed by atoms with Crippen LogP contribution >= 0.6 is 0 Å². The van der Waals surface area contributed by atoms with Crippen LogP contribution in [0.4, 0.5) is 0 Å². The largest absolute Gasteiger partial charge is 0.467 e. The molecule has 1 fully saturated rings. The first kappa shape index (κ1) is 13.9.